The van der Waals surface area contributed by atoms with Crippen LogP contribution in [0.2, 0.25) is 0 Å². The summed E-state index contributed by atoms with van der Waals surface area (Å²) >= 11 is 0. The van der Waals surface area contributed by atoms with E-state index in [-0.39, 0.29) is 0 Å². The molecule has 1 N–H and O–H groups in total. The SMILES string of the molecule is COCc1c(C)c(C)c(C)c(C)c1O. The Labute approximate surface area is 85.5 Å². The molecule has 0 aliphatic carbocycles. The van der Waals surface area contributed by atoms with Gasteiger partial charge in [0, 0.05) is 12.7 Å². The predicted octanol–water partition coefficient (Wildman–Crippen LogP) is 2.77. The van der Waals surface area contributed by atoms with Crippen LogP contribution in [0.15, 0.2) is 0 Å². The summed E-state index contributed by atoms with van der Waals surface area (Å²) in [7, 11) is 1.64. The summed E-state index contributed by atoms with van der Waals surface area (Å²) in [6, 6.07) is 0. The highest BCUT2D eigenvalue weighted by atomic mass is 16.5. The molecule has 2 nitrogen and oxygen atoms in total. The van der Waals surface area contributed by atoms with Gasteiger partial charge >= 0.3 is 0 Å². The van der Waals surface area contributed by atoms with Gasteiger partial charge < -0.3 is 9.84 Å². The molecule has 0 amide bonds. The van der Waals surface area contributed by atoms with Crippen molar-refractivity contribution >= 4 is 0 Å². The van der Waals surface area contributed by atoms with Gasteiger partial charge in [-0.25, -0.2) is 0 Å². The van der Waals surface area contributed by atoms with Crippen LogP contribution in [0.1, 0.15) is 27.8 Å². The molecule has 0 bridgehead atoms. The molecule has 0 unspecified atom stereocenters. The predicted molar refractivity (Wildman–Crippen MR) is 57.8 cm³/mol. The quantitative estimate of drug-likeness (QED) is 0.784. The van der Waals surface area contributed by atoms with Crippen molar-refractivity contribution in [3.05, 3.63) is 27.8 Å². The highest BCUT2D eigenvalue weighted by molar-refractivity contribution is 5.53. The van der Waals surface area contributed by atoms with Crippen molar-refractivity contribution in [2.45, 2.75) is 34.3 Å². The van der Waals surface area contributed by atoms with Crippen LogP contribution in [0, 0.1) is 27.7 Å². The zero-order valence-corrected chi connectivity index (χ0v) is 9.56. The third-order valence-corrected chi connectivity index (χ3v) is 3.07. The Kier molecular flexibility index (Phi) is 3.17. The van der Waals surface area contributed by atoms with Crippen LogP contribution in [0.25, 0.3) is 0 Å². The molecule has 0 heterocycles. The first-order valence-electron chi connectivity index (χ1n) is 4.77. The standard InChI is InChI=1S/C12H18O2/c1-7-8(2)10(4)12(13)11(6-14-5)9(7)3/h13H,6H2,1-5H3. The molecule has 0 saturated heterocycles. The maximum Gasteiger partial charge on any atom is 0.124 e. The zero-order chi connectivity index (χ0) is 10.9. The van der Waals surface area contributed by atoms with Gasteiger partial charge in [-0.1, -0.05) is 0 Å². The minimum Gasteiger partial charge on any atom is -0.507 e. The van der Waals surface area contributed by atoms with Gasteiger partial charge in [0.2, 0.25) is 0 Å². The third-order valence-electron chi connectivity index (χ3n) is 3.07. The van der Waals surface area contributed by atoms with E-state index in [0.29, 0.717) is 12.4 Å². The number of ether oxygens (including phenoxy) is 1. The molecule has 0 aliphatic heterocycles. The number of hydrogen-bond acceptors (Lipinski definition) is 2. The molecule has 1 aromatic carbocycles. The lowest BCUT2D eigenvalue weighted by Crippen LogP contribution is -2.00. The van der Waals surface area contributed by atoms with Crippen molar-refractivity contribution in [1.29, 1.82) is 0 Å². The number of benzene rings is 1. The minimum atomic E-state index is 0.382. The number of phenolic OH excluding ortho intramolecular Hbond substituents is 1. The molecule has 0 radical (unpaired) electrons. The van der Waals surface area contributed by atoms with Crippen LogP contribution in [0.4, 0.5) is 0 Å². The van der Waals surface area contributed by atoms with E-state index in [1.54, 1.807) is 7.11 Å². The molecular weight excluding hydrogens is 176 g/mol. The van der Waals surface area contributed by atoms with Crippen molar-refractivity contribution in [3.8, 4) is 5.75 Å². The van der Waals surface area contributed by atoms with Crippen molar-refractivity contribution in [3.63, 3.8) is 0 Å². The van der Waals surface area contributed by atoms with Crippen LogP contribution in [-0.4, -0.2) is 12.2 Å². The lowest BCUT2D eigenvalue weighted by molar-refractivity contribution is 0.181. The first-order chi connectivity index (χ1) is 6.50. The minimum absolute atomic E-state index is 0.382. The van der Waals surface area contributed by atoms with Crippen LogP contribution >= 0.6 is 0 Å². The van der Waals surface area contributed by atoms with E-state index in [1.165, 1.54) is 11.1 Å². The molecule has 0 aromatic heterocycles. The molecule has 2 heteroatoms. The summed E-state index contributed by atoms with van der Waals surface area (Å²) < 4.78 is 5.08. The highest BCUT2D eigenvalue weighted by Gasteiger charge is 2.13. The topological polar surface area (TPSA) is 29.5 Å². The number of phenols is 1. The average molecular weight is 194 g/mol. The van der Waals surface area contributed by atoms with Gasteiger partial charge in [-0.15, -0.1) is 0 Å². The Morgan fingerprint density at radius 1 is 0.929 bits per heavy atom. The maximum atomic E-state index is 9.93. The van der Waals surface area contributed by atoms with Crippen molar-refractivity contribution in [1.82, 2.24) is 0 Å². The second kappa shape index (κ2) is 4.01. The monoisotopic (exact) mass is 194 g/mol. The van der Waals surface area contributed by atoms with Gasteiger partial charge in [0.1, 0.15) is 5.75 Å². The molecule has 0 atom stereocenters. The van der Waals surface area contributed by atoms with Gasteiger partial charge in [0.05, 0.1) is 6.61 Å². The molecule has 0 spiro atoms. The van der Waals surface area contributed by atoms with Crippen molar-refractivity contribution < 1.29 is 9.84 Å². The van der Waals surface area contributed by atoms with Gasteiger partial charge in [0.15, 0.2) is 0 Å². The van der Waals surface area contributed by atoms with Crippen molar-refractivity contribution in [2.24, 2.45) is 0 Å². The molecule has 0 saturated carbocycles. The Morgan fingerprint density at radius 3 is 1.93 bits per heavy atom. The summed E-state index contributed by atoms with van der Waals surface area (Å²) in [6.07, 6.45) is 0. The summed E-state index contributed by atoms with van der Waals surface area (Å²) in [5, 5.41) is 9.93. The molecule has 0 aliphatic rings. The van der Waals surface area contributed by atoms with Gasteiger partial charge in [-0.2, -0.15) is 0 Å². The number of rotatable bonds is 2. The van der Waals surface area contributed by atoms with E-state index in [2.05, 4.69) is 6.92 Å². The molecular formula is C12H18O2. The van der Waals surface area contributed by atoms with Gasteiger partial charge in [0.25, 0.3) is 0 Å². The lowest BCUT2D eigenvalue weighted by atomic mass is 9.93. The zero-order valence-electron chi connectivity index (χ0n) is 9.56. The maximum absolute atomic E-state index is 9.93. The van der Waals surface area contributed by atoms with E-state index >= 15 is 0 Å². The van der Waals surface area contributed by atoms with Crippen LogP contribution in [-0.2, 0) is 11.3 Å². The van der Waals surface area contributed by atoms with E-state index < -0.39 is 0 Å². The summed E-state index contributed by atoms with van der Waals surface area (Å²) in [5.41, 5.74) is 5.41. The van der Waals surface area contributed by atoms with Crippen molar-refractivity contribution in [2.75, 3.05) is 7.11 Å². The molecule has 1 rings (SSSR count). The third kappa shape index (κ3) is 1.62. The Balaban J connectivity index is 3.43. The Bertz CT molecular complexity index is 325. The first-order valence-corrected chi connectivity index (χ1v) is 4.77. The second-order valence-electron chi connectivity index (χ2n) is 3.76. The van der Waals surface area contributed by atoms with E-state index in [9.17, 15) is 5.11 Å². The van der Waals surface area contributed by atoms with E-state index in [1.807, 2.05) is 20.8 Å². The Morgan fingerprint density at radius 2 is 1.43 bits per heavy atom. The number of hydrogen-bond donors (Lipinski definition) is 1. The fourth-order valence-corrected chi connectivity index (χ4v) is 1.69. The van der Waals surface area contributed by atoms with E-state index in [4.69, 9.17) is 4.74 Å². The molecule has 78 valence electrons. The summed E-state index contributed by atoms with van der Waals surface area (Å²) in [5.74, 6) is 0.382. The first kappa shape index (κ1) is 11.1. The smallest absolute Gasteiger partial charge is 0.124 e. The lowest BCUT2D eigenvalue weighted by Gasteiger charge is -2.16. The fourth-order valence-electron chi connectivity index (χ4n) is 1.69. The average Bonchev–Trinajstić information content (AvgIpc) is 2.19. The number of methoxy groups -OCH3 is 1. The molecule has 0 fully saturated rings. The van der Waals surface area contributed by atoms with E-state index in [0.717, 1.165) is 16.7 Å². The fraction of sp³-hybridized carbons (Fsp3) is 0.500. The van der Waals surface area contributed by atoms with Crippen LogP contribution < -0.4 is 0 Å². The summed E-state index contributed by atoms with van der Waals surface area (Å²) in [6.45, 7) is 8.55. The van der Waals surface area contributed by atoms with Gasteiger partial charge in [-0.3, -0.25) is 0 Å². The largest absolute Gasteiger partial charge is 0.507 e. The molecule has 1 aromatic rings. The second-order valence-corrected chi connectivity index (χ2v) is 3.76. The number of aromatic hydroxyl groups is 1. The van der Waals surface area contributed by atoms with Crippen LogP contribution in [0.5, 0.6) is 5.75 Å². The highest BCUT2D eigenvalue weighted by Crippen LogP contribution is 2.31. The normalized spacial score (nSPS) is 10.6. The Hall–Kier alpha value is -1.02. The van der Waals surface area contributed by atoms with Gasteiger partial charge in [-0.05, 0) is 49.9 Å². The molecule has 14 heavy (non-hydrogen) atoms. The summed E-state index contributed by atoms with van der Waals surface area (Å²) in [4.78, 5) is 0. The van der Waals surface area contributed by atoms with Crippen LogP contribution in [0.3, 0.4) is 0 Å².